The fourth-order valence-electron chi connectivity index (χ4n) is 3.28. The zero-order valence-electron chi connectivity index (χ0n) is 14.9. The van der Waals surface area contributed by atoms with E-state index in [1.165, 1.54) is 0 Å². The van der Waals surface area contributed by atoms with Gasteiger partial charge in [-0.1, -0.05) is 6.07 Å². The number of carbonyl (C=O) groups excluding carboxylic acids is 1. The lowest BCUT2D eigenvalue weighted by Gasteiger charge is -2.32. The molecule has 1 N–H and O–H groups in total. The van der Waals surface area contributed by atoms with Gasteiger partial charge < -0.3 is 10.2 Å². The maximum Gasteiger partial charge on any atom is 0.225 e. The fourth-order valence-corrected chi connectivity index (χ4v) is 3.97. The smallest absolute Gasteiger partial charge is 0.225 e. The molecule has 1 amide bonds. The lowest BCUT2D eigenvalue weighted by Crippen LogP contribution is -2.43. The van der Waals surface area contributed by atoms with Crippen LogP contribution in [0.1, 0.15) is 18.4 Å². The molecule has 0 spiro atoms. The molecule has 3 aromatic rings. The second-order valence-electron chi connectivity index (χ2n) is 6.61. The van der Waals surface area contributed by atoms with Crippen molar-refractivity contribution in [3.63, 3.8) is 0 Å². The van der Waals surface area contributed by atoms with Crippen LogP contribution in [0, 0.1) is 5.92 Å². The first-order chi connectivity index (χ1) is 13.3. The van der Waals surface area contributed by atoms with Gasteiger partial charge in [0.1, 0.15) is 5.69 Å². The number of hydrogen-bond donors (Lipinski definition) is 1. The summed E-state index contributed by atoms with van der Waals surface area (Å²) in [6.07, 6.45) is 5.35. The van der Waals surface area contributed by atoms with Gasteiger partial charge in [-0.2, -0.15) is 0 Å². The van der Waals surface area contributed by atoms with Crippen molar-refractivity contribution < 1.29 is 4.79 Å². The first-order valence-electron chi connectivity index (χ1n) is 9.09. The molecular weight excluding hydrogens is 358 g/mol. The summed E-state index contributed by atoms with van der Waals surface area (Å²) in [4.78, 5) is 19.8. The number of anilines is 1. The van der Waals surface area contributed by atoms with Crippen LogP contribution in [0.15, 0.2) is 54.2 Å². The van der Waals surface area contributed by atoms with E-state index in [1.807, 2.05) is 41.8 Å². The zero-order valence-corrected chi connectivity index (χ0v) is 15.7. The Bertz CT molecular complexity index is 867. The summed E-state index contributed by atoms with van der Waals surface area (Å²) >= 11 is 1.65. The van der Waals surface area contributed by atoms with Crippen LogP contribution in [0.5, 0.6) is 0 Å². The highest BCUT2D eigenvalue weighted by Crippen LogP contribution is 2.25. The van der Waals surface area contributed by atoms with Crippen molar-refractivity contribution in [1.29, 1.82) is 0 Å². The predicted octanol–water partition coefficient (Wildman–Crippen LogP) is 3.13. The summed E-state index contributed by atoms with van der Waals surface area (Å²) in [5.74, 6) is 0.904. The molecular formula is C20H21N5OS. The first-order valence-corrected chi connectivity index (χ1v) is 9.97. The summed E-state index contributed by atoms with van der Waals surface area (Å²) < 4.78 is 0. The Morgan fingerprint density at radius 3 is 2.81 bits per heavy atom. The van der Waals surface area contributed by atoms with Crippen LogP contribution in [-0.2, 0) is 11.3 Å². The third-order valence-corrected chi connectivity index (χ3v) is 5.65. The molecule has 3 aromatic heterocycles. The molecule has 7 heteroatoms. The molecule has 0 bridgehead atoms. The van der Waals surface area contributed by atoms with Gasteiger partial charge in [0.25, 0.3) is 0 Å². The van der Waals surface area contributed by atoms with E-state index in [9.17, 15) is 4.79 Å². The van der Waals surface area contributed by atoms with Crippen molar-refractivity contribution in [3.8, 4) is 10.6 Å². The molecule has 0 aromatic carbocycles. The number of nitrogens with zero attached hydrogens (tertiary/aromatic N) is 4. The third-order valence-electron chi connectivity index (χ3n) is 4.76. The van der Waals surface area contributed by atoms with Crippen LogP contribution in [0.4, 0.5) is 5.82 Å². The summed E-state index contributed by atoms with van der Waals surface area (Å²) in [6, 6.07) is 11.9. The second-order valence-corrected chi connectivity index (χ2v) is 7.56. The van der Waals surface area contributed by atoms with Crippen molar-refractivity contribution in [2.24, 2.45) is 5.92 Å². The van der Waals surface area contributed by atoms with E-state index >= 15 is 0 Å². The third kappa shape index (κ3) is 4.31. The minimum absolute atomic E-state index is 0.0284. The Kier molecular flexibility index (Phi) is 5.39. The van der Waals surface area contributed by atoms with Crippen LogP contribution < -0.4 is 10.2 Å². The number of pyridine rings is 1. The van der Waals surface area contributed by atoms with E-state index in [4.69, 9.17) is 0 Å². The molecule has 138 valence electrons. The fraction of sp³-hybridized carbons (Fsp3) is 0.300. The number of aromatic nitrogens is 3. The monoisotopic (exact) mass is 379 g/mol. The molecule has 0 aliphatic carbocycles. The first kappa shape index (κ1) is 17.6. The number of nitrogens with one attached hydrogen (secondary N) is 1. The minimum Gasteiger partial charge on any atom is -0.354 e. The van der Waals surface area contributed by atoms with E-state index in [0.717, 1.165) is 41.3 Å². The van der Waals surface area contributed by atoms with E-state index in [-0.39, 0.29) is 11.8 Å². The quantitative estimate of drug-likeness (QED) is 0.737. The summed E-state index contributed by atoms with van der Waals surface area (Å²) in [5.41, 5.74) is 1.94. The topological polar surface area (TPSA) is 71.0 Å². The van der Waals surface area contributed by atoms with Gasteiger partial charge in [-0.25, -0.2) is 0 Å². The van der Waals surface area contributed by atoms with Crippen LogP contribution in [0.3, 0.4) is 0 Å². The Balaban J connectivity index is 1.36. The van der Waals surface area contributed by atoms with E-state index < -0.39 is 0 Å². The Labute approximate surface area is 162 Å². The average Bonchev–Trinajstić information content (AvgIpc) is 3.28. The normalized spacial score (nSPS) is 16.9. The summed E-state index contributed by atoms with van der Waals surface area (Å²) in [7, 11) is 0. The maximum absolute atomic E-state index is 12.6. The van der Waals surface area contributed by atoms with Crippen LogP contribution in [0.2, 0.25) is 0 Å². The molecule has 27 heavy (non-hydrogen) atoms. The van der Waals surface area contributed by atoms with E-state index in [1.54, 1.807) is 23.7 Å². The number of hydrogen-bond acceptors (Lipinski definition) is 6. The molecule has 1 unspecified atom stereocenters. The number of rotatable bonds is 5. The zero-order chi connectivity index (χ0) is 18.5. The van der Waals surface area contributed by atoms with Crippen LogP contribution in [-0.4, -0.2) is 34.2 Å². The number of piperidine rings is 1. The van der Waals surface area contributed by atoms with Crippen LogP contribution >= 0.6 is 11.3 Å². The molecule has 1 atom stereocenters. The van der Waals surface area contributed by atoms with Gasteiger partial charge >= 0.3 is 0 Å². The van der Waals surface area contributed by atoms with E-state index in [2.05, 4.69) is 25.4 Å². The molecule has 4 rings (SSSR count). The van der Waals surface area contributed by atoms with Crippen molar-refractivity contribution in [2.75, 3.05) is 18.0 Å². The van der Waals surface area contributed by atoms with Crippen molar-refractivity contribution >= 4 is 23.1 Å². The van der Waals surface area contributed by atoms with Gasteiger partial charge in [0.05, 0.1) is 10.8 Å². The van der Waals surface area contributed by atoms with Gasteiger partial charge in [-0.05, 0) is 54.1 Å². The summed E-state index contributed by atoms with van der Waals surface area (Å²) in [6.45, 7) is 2.11. The molecule has 0 saturated carbocycles. The van der Waals surface area contributed by atoms with Crippen molar-refractivity contribution in [3.05, 3.63) is 59.7 Å². The number of thiophene rings is 1. The predicted molar refractivity (Wildman–Crippen MR) is 106 cm³/mol. The summed E-state index contributed by atoms with van der Waals surface area (Å²) in [5, 5.41) is 13.8. The van der Waals surface area contributed by atoms with Crippen molar-refractivity contribution in [2.45, 2.75) is 19.4 Å². The Morgan fingerprint density at radius 2 is 2.07 bits per heavy atom. The molecule has 4 heterocycles. The van der Waals surface area contributed by atoms with E-state index in [0.29, 0.717) is 13.1 Å². The van der Waals surface area contributed by atoms with Crippen molar-refractivity contribution in [1.82, 2.24) is 20.5 Å². The highest BCUT2D eigenvalue weighted by Gasteiger charge is 2.26. The average molecular weight is 379 g/mol. The Hall–Kier alpha value is -2.80. The number of carbonyl (C=O) groups is 1. The second kappa shape index (κ2) is 8.26. The number of amides is 1. The van der Waals surface area contributed by atoms with Gasteiger partial charge in [-0.3, -0.25) is 9.78 Å². The molecule has 1 aliphatic rings. The lowest BCUT2D eigenvalue weighted by atomic mass is 9.97. The largest absolute Gasteiger partial charge is 0.354 e. The van der Waals surface area contributed by atoms with Gasteiger partial charge in [0.15, 0.2) is 5.82 Å². The lowest BCUT2D eigenvalue weighted by molar-refractivity contribution is -0.125. The van der Waals surface area contributed by atoms with Gasteiger partial charge in [-0.15, -0.1) is 21.5 Å². The molecule has 1 aliphatic heterocycles. The molecule has 0 radical (unpaired) electrons. The van der Waals surface area contributed by atoms with Crippen LogP contribution in [0.25, 0.3) is 10.6 Å². The minimum atomic E-state index is -0.0284. The highest BCUT2D eigenvalue weighted by atomic mass is 32.1. The highest BCUT2D eigenvalue weighted by molar-refractivity contribution is 7.13. The maximum atomic E-state index is 12.6. The van der Waals surface area contributed by atoms with Gasteiger partial charge in [0.2, 0.25) is 5.91 Å². The standard InChI is InChI=1S/C20H21N5OS/c26-20(22-13-15-7-9-21-10-8-15)16-3-1-11-25(14-16)19-6-5-17(23-24-19)18-4-2-12-27-18/h2,4-10,12,16H,1,3,11,13-14H2,(H,22,26). The SMILES string of the molecule is O=C(NCc1ccncc1)C1CCCN(c2ccc(-c3cccs3)nn2)C1. The molecule has 1 saturated heterocycles. The Morgan fingerprint density at radius 1 is 1.19 bits per heavy atom. The molecule has 6 nitrogen and oxygen atoms in total. The van der Waals surface area contributed by atoms with Gasteiger partial charge in [0, 0.05) is 32.0 Å². The molecule has 1 fully saturated rings.